The van der Waals surface area contributed by atoms with Gasteiger partial charge in [0, 0.05) is 19.0 Å². The lowest BCUT2D eigenvalue weighted by Gasteiger charge is -2.26. The Bertz CT molecular complexity index is 195. The van der Waals surface area contributed by atoms with Crippen LogP contribution in [-0.2, 0) is 4.79 Å². The SMILES string of the molecule is O=C(CCS)N1CC2CCC1C2. The van der Waals surface area contributed by atoms with Gasteiger partial charge in [-0.25, -0.2) is 0 Å². The largest absolute Gasteiger partial charge is 0.339 e. The summed E-state index contributed by atoms with van der Waals surface area (Å²) in [6, 6.07) is 0.586. The van der Waals surface area contributed by atoms with Crippen molar-refractivity contribution in [3.63, 3.8) is 0 Å². The van der Waals surface area contributed by atoms with E-state index in [-0.39, 0.29) is 0 Å². The van der Waals surface area contributed by atoms with E-state index in [0.29, 0.717) is 24.1 Å². The van der Waals surface area contributed by atoms with Gasteiger partial charge in [-0.2, -0.15) is 12.6 Å². The zero-order valence-corrected chi connectivity index (χ0v) is 8.09. The summed E-state index contributed by atoms with van der Waals surface area (Å²) < 4.78 is 0. The summed E-state index contributed by atoms with van der Waals surface area (Å²) in [6.07, 6.45) is 4.46. The predicted molar refractivity (Wildman–Crippen MR) is 51.3 cm³/mol. The molecular weight excluding hydrogens is 170 g/mol. The number of amides is 1. The van der Waals surface area contributed by atoms with Crippen molar-refractivity contribution in [2.75, 3.05) is 12.3 Å². The van der Waals surface area contributed by atoms with Gasteiger partial charge in [-0.05, 0) is 30.9 Å². The van der Waals surface area contributed by atoms with E-state index in [1.54, 1.807) is 0 Å². The fourth-order valence-electron chi connectivity index (χ4n) is 2.47. The van der Waals surface area contributed by atoms with E-state index >= 15 is 0 Å². The van der Waals surface area contributed by atoms with Crippen molar-refractivity contribution in [1.29, 1.82) is 0 Å². The number of likely N-dealkylation sites (tertiary alicyclic amines) is 1. The van der Waals surface area contributed by atoms with Gasteiger partial charge >= 0.3 is 0 Å². The van der Waals surface area contributed by atoms with Gasteiger partial charge in [0.25, 0.3) is 0 Å². The molecule has 2 aliphatic rings. The third-order valence-electron chi connectivity index (χ3n) is 3.06. The first kappa shape index (κ1) is 8.42. The zero-order valence-electron chi connectivity index (χ0n) is 7.20. The molecule has 2 bridgehead atoms. The molecule has 2 nitrogen and oxygen atoms in total. The normalized spacial score (nSPS) is 32.9. The van der Waals surface area contributed by atoms with Gasteiger partial charge < -0.3 is 4.90 Å². The van der Waals surface area contributed by atoms with Crippen molar-refractivity contribution >= 4 is 18.5 Å². The van der Waals surface area contributed by atoms with Gasteiger partial charge in [-0.1, -0.05) is 0 Å². The first-order valence-electron chi connectivity index (χ1n) is 4.71. The zero-order chi connectivity index (χ0) is 8.55. The fraction of sp³-hybridized carbons (Fsp3) is 0.889. The Balaban J connectivity index is 1.93. The van der Waals surface area contributed by atoms with Gasteiger partial charge in [0.1, 0.15) is 0 Å². The first-order chi connectivity index (χ1) is 5.81. The number of thiol groups is 1. The maximum absolute atomic E-state index is 11.5. The van der Waals surface area contributed by atoms with Crippen molar-refractivity contribution in [3.8, 4) is 0 Å². The lowest BCUT2D eigenvalue weighted by Crippen LogP contribution is -2.37. The number of piperidine rings is 1. The van der Waals surface area contributed by atoms with Crippen LogP contribution in [0.5, 0.6) is 0 Å². The minimum Gasteiger partial charge on any atom is -0.339 e. The summed E-state index contributed by atoms with van der Waals surface area (Å²) in [5.74, 6) is 1.82. The van der Waals surface area contributed by atoms with Crippen LogP contribution in [0.15, 0.2) is 0 Å². The molecule has 2 atom stereocenters. The number of hydrogen-bond donors (Lipinski definition) is 1. The molecule has 0 N–H and O–H groups in total. The Morgan fingerprint density at radius 1 is 1.50 bits per heavy atom. The van der Waals surface area contributed by atoms with Crippen molar-refractivity contribution in [1.82, 2.24) is 4.90 Å². The Morgan fingerprint density at radius 3 is 2.83 bits per heavy atom. The molecule has 1 aliphatic heterocycles. The molecule has 12 heavy (non-hydrogen) atoms. The number of nitrogens with zero attached hydrogens (tertiary/aromatic N) is 1. The third-order valence-corrected chi connectivity index (χ3v) is 3.28. The number of rotatable bonds is 2. The van der Waals surface area contributed by atoms with Crippen molar-refractivity contribution < 1.29 is 4.79 Å². The van der Waals surface area contributed by atoms with Gasteiger partial charge in [0.05, 0.1) is 0 Å². The van der Waals surface area contributed by atoms with E-state index in [2.05, 4.69) is 17.5 Å². The molecule has 2 rings (SSSR count). The molecule has 1 saturated carbocycles. The number of carbonyl (C=O) groups excluding carboxylic acids is 1. The van der Waals surface area contributed by atoms with Crippen LogP contribution in [0.1, 0.15) is 25.7 Å². The molecule has 2 unspecified atom stereocenters. The van der Waals surface area contributed by atoms with E-state index in [9.17, 15) is 4.79 Å². The highest BCUT2D eigenvalue weighted by molar-refractivity contribution is 7.80. The van der Waals surface area contributed by atoms with Crippen molar-refractivity contribution in [2.24, 2.45) is 5.92 Å². The summed E-state index contributed by atoms with van der Waals surface area (Å²) in [7, 11) is 0. The fourth-order valence-corrected chi connectivity index (χ4v) is 2.66. The monoisotopic (exact) mass is 185 g/mol. The highest BCUT2D eigenvalue weighted by atomic mass is 32.1. The van der Waals surface area contributed by atoms with E-state index in [4.69, 9.17) is 0 Å². The molecule has 0 aromatic rings. The number of hydrogen-bond acceptors (Lipinski definition) is 2. The number of fused-ring (bicyclic) bond motifs is 2. The molecule has 0 aromatic heterocycles. The average Bonchev–Trinajstić information content (AvgIpc) is 2.64. The second-order valence-electron chi connectivity index (χ2n) is 3.85. The smallest absolute Gasteiger partial charge is 0.223 e. The molecule has 1 saturated heterocycles. The van der Waals surface area contributed by atoms with E-state index in [0.717, 1.165) is 12.5 Å². The minimum atomic E-state index is 0.317. The number of carbonyl (C=O) groups is 1. The van der Waals surface area contributed by atoms with Gasteiger partial charge in [0.15, 0.2) is 0 Å². The second kappa shape index (κ2) is 3.29. The highest BCUT2D eigenvalue weighted by Crippen LogP contribution is 2.37. The maximum atomic E-state index is 11.5. The van der Waals surface area contributed by atoms with E-state index in [1.165, 1.54) is 19.3 Å². The quantitative estimate of drug-likeness (QED) is 0.643. The van der Waals surface area contributed by atoms with Crippen LogP contribution < -0.4 is 0 Å². The molecule has 0 spiro atoms. The van der Waals surface area contributed by atoms with E-state index in [1.807, 2.05) is 0 Å². The summed E-state index contributed by atoms with van der Waals surface area (Å²) in [5, 5.41) is 0. The van der Waals surface area contributed by atoms with Crippen LogP contribution in [0, 0.1) is 5.92 Å². The van der Waals surface area contributed by atoms with Crippen molar-refractivity contribution in [2.45, 2.75) is 31.7 Å². The Hall–Kier alpha value is -0.180. The topological polar surface area (TPSA) is 20.3 Å². The summed E-state index contributed by atoms with van der Waals surface area (Å²) in [4.78, 5) is 13.6. The second-order valence-corrected chi connectivity index (χ2v) is 4.30. The van der Waals surface area contributed by atoms with Gasteiger partial charge in [0.2, 0.25) is 5.91 Å². The summed E-state index contributed by atoms with van der Waals surface area (Å²) >= 11 is 4.08. The maximum Gasteiger partial charge on any atom is 0.223 e. The minimum absolute atomic E-state index is 0.317. The molecule has 0 aromatic carbocycles. The van der Waals surface area contributed by atoms with Gasteiger partial charge in [-0.15, -0.1) is 0 Å². The van der Waals surface area contributed by atoms with Crippen LogP contribution >= 0.6 is 12.6 Å². The summed E-state index contributed by atoms with van der Waals surface area (Å²) in [6.45, 7) is 1.03. The average molecular weight is 185 g/mol. The van der Waals surface area contributed by atoms with Crippen LogP contribution in [0.25, 0.3) is 0 Å². The molecule has 3 heteroatoms. The van der Waals surface area contributed by atoms with Crippen LogP contribution in [0.2, 0.25) is 0 Å². The lowest BCUT2D eigenvalue weighted by atomic mass is 10.1. The Morgan fingerprint density at radius 2 is 2.33 bits per heavy atom. The Labute approximate surface area is 78.7 Å². The molecule has 1 heterocycles. The Kier molecular flexibility index (Phi) is 2.31. The molecule has 68 valence electrons. The van der Waals surface area contributed by atoms with Crippen LogP contribution in [0.3, 0.4) is 0 Å². The van der Waals surface area contributed by atoms with Crippen LogP contribution in [-0.4, -0.2) is 29.1 Å². The first-order valence-corrected chi connectivity index (χ1v) is 5.35. The molecule has 2 fully saturated rings. The van der Waals surface area contributed by atoms with E-state index < -0.39 is 0 Å². The van der Waals surface area contributed by atoms with Crippen molar-refractivity contribution in [3.05, 3.63) is 0 Å². The molecular formula is C9H15NOS. The highest BCUT2D eigenvalue weighted by Gasteiger charge is 2.39. The van der Waals surface area contributed by atoms with Crippen LogP contribution in [0.4, 0.5) is 0 Å². The molecule has 0 radical (unpaired) electrons. The van der Waals surface area contributed by atoms with Gasteiger partial charge in [-0.3, -0.25) is 4.79 Å². The lowest BCUT2D eigenvalue weighted by molar-refractivity contribution is -0.132. The standard InChI is InChI=1S/C9H15NOS/c11-9(3-4-12)10-6-7-1-2-8(10)5-7/h7-8,12H,1-6H2. The summed E-state index contributed by atoms with van der Waals surface area (Å²) in [5.41, 5.74) is 0. The molecule has 1 aliphatic carbocycles. The molecule has 1 amide bonds. The third kappa shape index (κ3) is 1.35. The predicted octanol–water partition coefficient (Wildman–Crippen LogP) is 1.32.